The van der Waals surface area contributed by atoms with E-state index in [4.69, 9.17) is 14.6 Å². The fraction of sp³-hybridized carbons (Fsp3) is 0.242. The molecule has 0 bridgehead atoms. The average molecular weight is 579 g/mol. The molecule has 0 fully saturated rings. The van der Waals surface area contributed by atoms with Gasteiger partial charge in [0.25, 0.3) is 5.91 Å². The van der Waals surface area contributed by atoms with Gasteiger partial charge in [-0.15, -0.1) is 10.2 Å². The summed E-state index contributed by atoms with van der Waals surface area (Å²) in [5.74, 6) is 2.77. The second kappa shape index (κ2) is 12.4. The third-order valence-corrected chi connectivity index (χ3v) is 7.94. The van der Waals surface area contributed by atoms with Crippen LogP contribution in [-0.2, 0) is 30.6 Å². The summed E-state index contributed by atoms with van der Waals surface area (Å²) in [5.41, 5.74) is 9.21. The first-order valence-electron chi connectivity index (χ1n) is 14.4. The van der Waals surface area contributed by atoms with Crippen molar-refractivity contribution in [3.05, 3.63) is 107 Å². The summed E-state index contributed by atoms with van der Waals surface area (Å²) in [5, 5.41) is 14.9. The minimum Gasteiger partial charge on any atom is -0.497 e. The van der Waals surface area contributed by atoms with Gasteiger partial charge in [0.1, 0.15) is 17.3 Å². The highest BCUT2D eigenvalue weighted by atomic mass is 16.5. The molecule has 0 spiro atoms. The van der Waals surface area contributed by atoms with Crippen LogP contribution in [0.15, 0.2) is 79.1 Å². The number of hydrogen-bond donors (Lipinski definition) is 4. The Hall–Kier alpha value is -5.09. The normalized spacial score (nSPS) is 12.1. The van der Waals surface area contributed by atoms with Crippen molar-refractivity contribution < 1.29 is 20.0 Å². The molecule has 220 valence electrons. The van der Waals surface area contributed by atoms with Crippen molar-refractivity contribution in [2.75, 3.05) is 20.8 Å². The molecular weight excluding hydrogens is 542 g/mol. The number of rotatable bonds is 12. The third kappa shape index (κ3) is 5.82. The van der Waals surface area contributed by atoms with Crippen LogP contribution in [0.2, 0.25) is 0 Å². The predicted octanol–water partition coefficient (Wildman–Crippen LogP) is 3.73. The van der Waals surface area contributed by atoms with Crippen molar-refractivity contribution in [2.24, 2.45) is 0 Å². The number of hydrogen-bond acceptors (Lipinski definition) is 5. The Bertz CT molecular complexity index is 1870. The molecule has 0 radical (unpaired) electrons. The molecule has 0 aliphatic carbocycles. The van der Waals surface area contributed by atoms with E-state index in [1.165, 1.54) is 10.9 Å². The minimum atomic E-state index is -0.424. The van der Waals surface area contributed by atoms with E-state index in [0.717, 1.165) is 39.8 Å². The maximum atomic E-state index is 12.8. The van der Waals surface area contributed by atoms with E-state index in [1.807, 2.05) is 48.7 Å². The van der Waals surface area contributed by atoms with Gasteiger partial charge in [-0.3, -0.25) is 4.79 Å². The van der Waals surface area contributed by atoms with Crippen LogP contribution in [0.3, 0.4) is 0 Å². The standard InChI is InChI=1S/C33H35N7O3/c1-42-24-13-11-22(30(16-24)43-2)20-40-31(14-12-21-18-35-27-9-5-3-7-25(21)27)38-39-33(40)29(37-32(41)17-34)15-23-19-36-28-10-6-4-8-26(23)28/h3-11,13,16,18-19,29,35-36H,12,14-15,17,20,34H2,1-2H3,(H,37,41)/p+1. The van der Waals surface area contributed by atoms with Crippen molar-refractivity contribution >= 4 is 27.7 Å². The SMILES string of the molecule is COc1ccc(Cn2c(CCc3c[nH]c4ccccc34)nnc2C(Cc2c[nH]c3ccccc23)NC(=O)C[NH3+])c(OC)c1. The first kappa shape index (κ1) is 28.0. The Balaban J connectivity index is 1.39. The number of nitrogens with one attached hydrogen (secondary N) is 3. The summed E-state index contributed by atoms with van der Waals surface area (Å²) in [4.78, 5) is 19.5. The lowest BCUT2D eigenvalue weighted by atomic mass is 10.0. The number of nitrogens with zero attached hydrogens (tertiary/aromatic N) is 3. The van der Waals surface area contributed by atoms with Crippen LogP contribution in [0.25, 0.3) is 21.8 Å². The van der Waals surface area contributed by atoms with Crippen LogP contribution in [0.1, 0.15) is 34.4 Å². The molecule has 3 aromatic carbocycles. The molecule has 43 heavy (non-hydrogen) atoms. The zero-order valence-corrected chi connectivity index (χ0v) is 24.4. The van der Waals surface area contributed by atoms with Crippen LogP contribution < -0.4 is 20.5 Å². The number of carbonyl (C=O) groups excluding carboxylic acids is 1. The highest BCUT2D eigenvalue weighted by Crippen LogP contribution is 2.29. The lowest BCUT2D eigenvalue weighted by molar-refractivity contribution is -0.355. The maximum absolute atomic E-state index is 12.8. The van der Waals surface area contributed by atoms with Crippen molar-refractivity contribution in [3.8, 4) is 11.5 Å². The van der Waals surface area contributed by atoms with Gasteiger partial charge in [-0.2, -0.15) is 0 Å². The molecule has 6 N–H and O–H groups in total. The van der Waals surface area contributed by atoms with Crippen LogP contribution in [0.4, 0.5) is 0 Å². The summed E-state index contributed by atoms with van der Waals surface area (Å²) < 4.78 is 13.3. The molecule has 6 rings (SSSR count). The van der Waals surface area contributed by atoms with E-state index in [1.54, 1.807) is 14.2 Å². The van der Waals surface area contributed by atoms with Gasteiger partial charge in [0, 0.05) is 58.7 Å². The zero-order valence-electron chi connectivity index (χ0n) is 24.4. The van der Waals surface area contributed by atoms with Gasteiger partial charge in [0.15, 0.2) is 12.4 Å². The highest BCUT2D eigenvalue weighted by molar-refractivity contribution is 5.84. The van der Waals surface area contributed by atoms with Crippen LogP contribution in [0.5, 0.6) is 11.5 Å². The summed E-state index contributed by atoms with van der Waals surface area (Å²) in [6.07, 6.45) is 6.04. The average Bonchev–Trinajstić information content (AvgIpc) is 3.77. The van der Waals surface area contributed by atoms with Crippen molar-refractivity contribution in [2.45, 2.75) is 31.8 Å². The summed E-state index contributed by atoms with van der Waals surface area (Å²) in [7, 11) is 3.29. The molecule has 3 heterocycles. The summed E-state index contributed by atoms with van der Waals surface area (Å²) in [6, 6.07) is 21.8. The number of aromatic nitrogens is 5. The lowest BCUT2D eigenvalue weighted by Crippen LogP contribution is -2.57. The zero-order chi connectivity index (χ0) is 29.8. The highest BCUT2D eigenvalue weighted by Gasteiger charge is 2.26. The fourth-order valence-electron chi connectivity index (χ4n) is 5.70. The number of benzene rings is 3. The van der Waals surface area contributed by atoms with E-state index in [0.29, 0.717) is 36.7 Å². The van der Waals surface area contributed by atoms with E-state index >= 15 is 0 Å². The van der Waals surface area contributed by atoms with Gasteiger partial charge in [-0.05, 0) is 41.8 Å². The number of fused-ring (bicyclic) bond motifs is 2. The number of aryl methyl sites for hydroxylation is 2. The molecule has 0 aliphatic rings. The molecule has 10 heteroatoms. The monoisotopic (exact) mass is 578 g/mol. The second-order valence-electron chi connectivity index (χ2n) is 10.5. The molecule has 6 aromatic rings. The minimum absolute atomic E-state index is 0.123. The smallest absolute Gasteiger partial charge is 0.275 e. The fourth-order valence-corrected chi connectivity index (χ4v) is 5.70. The Morgan fingerprint density at radius 2 is 1.58 bits per heavy atom. The second-order valence-corrected chi connectivity index (χ2v) is 10.5. The van der Waals surface area contributed by atoms with Gasteiger partial charge >= 0.3 is 0 Å². The summed E-state index contributed by atoms with van der Waals surface area (Å²) in [6.45, 7) is 0.585. The van der Waals surface area contributed by atoms with Gasteiger partial charge in [-0.25, -0.2) is 0 Å². The van der Waals surface area contributed by atoms with Crippen LogP contribution in [-0.4, -0.2) is 51.4 Å². The quantitative estimate of drug-likeness (QED) is 0.175. The topological polar surface area (TPSA) is 137 Å². The molecule has 3 aromatic heterocycles. The maximum Gasteiger partial charge on any atom is 0.275 e. The number of ether oxygens (including phenoxy) is 2. The molecule has 1 unspecified atom stereocenters. The van der Waals surface area contributed by atoms with Gasteiger partial charge < -0.3 is 35.1 Å². The number of amides is 1. The van der Waals surface area contributed by atoms with E-state index < -0.39 is 6.04 Å². The third-order valence-electron chi connectivity index (χ3n) is 7.94. The number of carbonyl (C=O) groups is 1. The van der Waals surface area contributed by atoms with E-state index in [-0.39, 0.29) is 12.5 Å². The largest absolute Gasteiger partial charge is 0.497 e. The Kier molecular flexibility index (Phi) is 8.10. The molecule has 1 amide bonds. The number of H-pyrrole nitrogens is 2. The molecule has 0 saturated carbocycles. The molecular formula is C33H36N7O3+. The molecule has 10 nitrogen and oxygen atoms in total. The van der Waals surface area contributed by atoms with Gasteiger partial charge in [0.2, 0.25) is 0 Å². The van der Waals surface area contributed by atoms with Crippen LogP contribution >= 0.6 is 0 Å². The lowest BCUT2D eigenvalue weighted by Gasteiger charge is -2.20. The molecule has 0 saturated heterocycles. The molecule has 0 aliphatic heterocycles. The summed E-state index contributed by atoms with van der Waals surface area (Å²) >= 11 is 0. The van der Waals surface area contributed by atoms with Crippen molar-refractivity contribution in [3.63, 3.8) is 0 Å². The number of methoxy groups -OCH3 is 2. The van der Waals surface area contributed by atoms with E-state index in [9.17, 15) is 4.79 Å². The van der Waals surface area contributed by atoms with E-state index in [2.05, 4.69) is 61.1 Å². The Morgan fingerprint density at radius 3 is 2.28 bits per heavy atom. The van der Waals surface area contributed by atoms with Crippen molar-refractivity contribution in [1.82, 2.24) is 30.0 Å². The van der Waals surface area contributed by atoms with Crippen LogP contribution in [0, 0.1) is 0 Å². The number of quaternary nitrogens is 1. The molecule has 1 atom stereocenters. The van der Waals surface area contributed by atoms with Gasteiger partial charge in [0.05, 0.1) is 26.8 Å². The Labute approximate surface area is 249 Å². The number of para-hydroxylation sites is 2. The first-order valence-corrected chi connectivity index (χ1v) is 14.4. The van der Waals surface area contributed by atoms with Crippen molar-refractivity contribution in [1.29, 1.82) is 0 Å². The first-order chi connectivity index (χ1) is 21.1. The van der Waals surface area contributed by atoms with Gasteiger partial charge in [-0.1, -0.05) is 36.4 Å². The number of aromatic amines is 2. The Morgan fingerprint density at radius 1 is 0.884 bits per heavy atom. The predicted molar refractivity (Wildman–Crippen MR) is 165 cm³/mol.